The van der Waals surface area contributed by atoms with Crippen molar-refractivity contribution in [1.29, 1.82) is 0 Å². The molecule has 0 radical (unpaired) electrons. The summed E-state index contributed by atoms with van der Waals surface area (Å²) in [6.07, 6.45) is 2.03. The van der Waals surface area contributed by atoms with E-state index in [1.54, 1.807) is 11.3 Å². The summed E-state index contributed by atoms with van der Waals surface area (Å²) in [6.45, 7) is 5.85. The second-order valence-electron chi connectivity index (χ2n) is 4.86. The lowest BCUT2D eigenvalue weighted by molar-refractivity contribution is 0.100. The Morgan fingerprint density at radius 3 is 2.67 bits per heavy atom. The Bertz CT molecular complexity index is 686. The topological polar surface area (TPSA) is 72.2 Å². The smallest absolute Gasteiger partial charge is 0.257 e. The number of hydrogen-bond donors (Lipinski definition) is 2. The van der Waals surface area contributed by atoms with Gasteiger partial charge in [-0.2, -0.15) is 0 Å². The van der Waals surface area contributed by atoms with Gasteiger partial charge in [0, 0.05) is 15.1 Å². The number of thiophene rings is 2. The van der Waals surface area contributed by atoms with E-state index in [0.29, 0.717) is 16.1 Å². The third-order valence-electron chi connectivity index (χ3n) is 3.27. The number of aryl methyl sites for hydroxylation is 2. The summed E-state index contributed by atoms with van der Waals surface area (Å²) in [6, 6.07) is 1.90. The fraction of sp³-hybridized carbons (Fsp3) is 0.333. The number of amides is 2. The predicted molar refractivity (Wildman–Crippen MR) is 88.6 cm³/mol. The van der Waals surface area contributed by atoms with E-state index < -0.39 is 5.91 Å². The maximum atomic E-state index is 12.3. The van der Waals surface area contributed by atoms with Crippen molar-refractivity contribution in [3.63, 3.8) is 0 Å². The number of nitrogens with one attached hydrogen (secondary N) is 1. The molecular weight excluding hydrogens is 304 g/mol. The zero-order valence-electron chi connectivity index (χ0n) is 12.3. The van der Waals surface area contributed by atoms with Crippen LogP contribution in [0.1, 0.15) is 49.4 Å². The van der Waals surface area contributed by atoms with E-state index in [1.807, 2.05) is 25.3 Å². The monoisotopic (exact) mass is 322 g/mol. The average Bonchev–Trinajstić information content (AvgIpc) is 2.96. The van der Waals surface area contributed by atoms with Crippen LogP contribution in [0.3, 0.4) is 0 Å². The number of rotatable bonds is 5. The van der Waals surface area contributed by atoms with Gasteiger partial charge in [-0.1, -0.05) is 13.3 Å². The molecule has 4 nitrogen and oxygen atoms in total. The Labute approximate surface area is 132 Å². The van der Waals surface area contributed by atoms with E-state index >= 15 is 0 Å². The maximum Gasteiger partial charge on any atom is 0.257 e. The second-order valence-corrected chi connectivity index (χ2v) is 7.08. The first-order valence-electron chi connectivity index (χ1n) is 6.72. The standard InChI is InChI=1S/C15H18N2O2S2/c1-4-5-11-6-10(7-20-11)14(19)17-15-12(13(16)18)8(2)9(3)21-15/h6-7H,4-5H2,1-3H3,(H2,16,18)(H,17,19). The van der Waals surface area contributed by atoms with Crippen LogP contribution in [0.15, 0.2) is 11.4 Å². The Morgan fingerprint density at radius 2 is 2.05 bits per heavy atom. The van der Waals surface area contributed by atoms with E-state index in [1.165, 1.54) is 16.2 Å². The third-order valence-corrected chi connectivity index (χ3v) is 5.39. The van der Waals surface area contributed by atoms with Gasteiger partial charge < -0.3 is 11.1 Å². The zero-order valence-corrected chi connectivity index (χ0v) is 13.9. The molecule has 0 saturated carbocycles. The van der Waals surface area contributed by atoms with Gasteiger partial charge in [0.1, 0.15) is 5.00 Å². The van der Waals surface area contributed by atoms with Crippen molar-refractivity contribution < 1.29 is 9.59 Å². The number of carbonyl (C=O) groups is 2. The molecule has 0 saturated heterocycles. The van der Waals surface area contributed by atoms with Gasteiger partial charge >= 0.3 is 0 Å². The summed E-state index contributed by atoms with van der Waals surface area (Å²) in [4.78, 5) is 26.0. The van der Waals surface area contributed by atoms with Gasteiger partial charge in [0.15, 0.2) is 0 Å². The van der Waals surface area contributed by atoms with Crippen LogP contribution < -0.4 is 11.1 Å². The molecule has 3 N–H and O–H groups in total. The molecule has 0 atom stereocenters. The normalized spacial score (nSPS) is 10.6. The first kappa shape index (κ1) is 15.7. The van der Waals surface area contributed by atoms with Gasteiger partial charge in [0.2, 0.25) is 0 Å². The molecule has 2 heterocycles. The molecule has 21 heavy (non-hydrogen) atoms. The molecule has 0 aliphatic heterocycles. The van der Waals surface area contributed by atoms with E-state index in [4.69, 9.17) is 5.73 Å². The van der Waals surface area contributed by atoms with Crippen molar-refractivity contribution in [2.24, 2.45) is 5.73 Å². The van der Waals surface area contributed by atoms with Crippen molar-refractivity contribution in [3.05, 3.63) is 37.9 Å². The summed E-state index contributed by atoms with van der Waals surface area (Å²) in [7, 11) is 0. The summed E-state index contributed by atoms with van der Waals surface area (Å²) < 4.78 is 0. The summed E-state index contributed by atoms with van der Waals surface area (Å²) in [5.74, 6) is -0.707. The third kappa shape index (κ3) is 3.33. The summed E-state index contributed by atoms with van der Waals surface area (Å²) in [5, 5.41) is 5.19. The fourth-order valence-electron chi connectivity index (χ4n) is 2.06. The van der Waals surface area contributed by atoms with E-state index in [0.717, 1.165) is 23.3 Å². The largest absolute Gasteiger partial charge is 0.365 e. The number of carbonyl (C=O) groups excluding carboxylic acids is 2. The molecule has 2 rings (SSSR count). The van der Waals surface area contributed by atoms with Crippen LogP contribution in [0.4, 0.5) is 5.00 Å². The van der Waals surface area contributed by atoms with Gasteiger partial charge in [0.05, 0.1) is 11.1 Å². The quantitative estimate of drug-likeness (QED) is 0.880. The molecule has 2 amide bonds. The lowest BCUT2D eigenvalue weighted by atomic mass is 10.1. The molecule has 0 spiro atoms. The molecule has 0 unspecified atom stereocenters. The van der Waals surface area contributed by atoms with Crippen molar-refractivity contribution in [2.45, 2.75) is 33.6 Å². The molecule has 0 aliphatic rings. The Kier molecular flexibility index (Phi) is 4.80. The molecule has 0 aliphatic carbocycles. The van der Waals surface area contributed by atoms with Crippen LogP contribution in [-0.2, 0) is 6.42 Å². The lowest BCUT2D eigenvalue weighted by Gasteiger charge is -2.03. The van der Waals surface area contributed by atoms with Crippen LogP contribution in [-0.4, -0.2) is 11.8 Å². The molecular formula is C15H18N2O2S2. The van der Waals surface area contributed by atoms with Crippen molar-refractivity contribution in [1.82, 2.24) is 0 Å². The highest BCUT2D eigenvalue weighted by atomic mass is 32.1. The number of nitrogens with two attached hydrogens (primary N) is 1. The fourth-order valence-corrected chi connectivity index (χ4v) is 4.10. The molecule has 6 heteroatoms. The zero-order chi connectivity index (χ0) is 15.6. The minimum Gasteiger partial charge on any atom is -0.365 e. The average molecular weight is 322 g/mol. The lowest BCUT2D eigenvalue weighted by Crippen LogP contribution is -2.17. The first-order valence-corrected chi connectivity index (χ1v) is 8.42. The van der Waals surface area contributed by atoms with Gasteiger partial charge in [-0.3, -0.25) is 9.59 Å². The minimum absolute atomic E-state index is 0.197. The van der Waals surface area contributed by atoms with Crippen LogP contribution in [0.2, 0.25) is 0 Å². The highest BCUT2D eigenvalue weighted by molar-refractivity contribution is 7.17. The molecule has 2 aromatic heterocycles. The second kappa shape index (κ2) is 6.41. The predicted octanol–water partition coefficient (Wildman–Crippen LogP) is 3.73. The number of hydrogen-bond acceptors (Lipinski definition) is 4. The van der Waals surface area contributed by atoms with Crippen LogP contribution >= 0.6 is 22.7 Å². The highest BCUT2D eigenvalue weighted by Gasteiger charge is 2.19. The van der Waals surface area contributed by atoms with E-state index in [-0.39, 0.29) is 5.91 Å². The highest BCUT2D eigenvalue weighted by Crippen LogP contribution is 2.32. The maximum absolute atomic E-state index is 12.3. The van der Waals surface area contributed by atoms with Crippen molar-refractivity contribution in [2.75, 3.05) is 5.32 Å². The molecule has 2 aromatic rings. The van der Waals surface area contributed by atoms with Gasteiger partial charge in [-0.05, 0) is 31.9 Å². The summed E-state index contributed by atoms with van der Waals surface area (Å²) in [5.41, 5.74) is 7.28. The molecule has 112 valence electrons. The SMILES string of the molecule is CCCc1cc(C(=O)Nc2sc(C)c(C)c2C(N)=O)cs1. The Hall–Kier alpha value is -1.66. The van der Waals surface area contributed by atoms with Crippen LogP contribution in [0.25, 0.3) is 0 Å². The van der Waals surface area contributed by atoms with Gasteiger partial charge in [-0.15, -0.1) is 22.7 Å². The van der Waals surface area contributed by atoms with Crippen molar-refractivity contribution in [3.8, 4) is 0 Å². The summed E-state index contributed by atoms with van der Waals surface area (Å²) >= 11 is 2.96. The minimum atomic E-state index is -0.510. The van der Waals surface area contributed by atoms with E-state index in [2.05, 4.69) is 12.2 Å². The van der Waals surface area contributed by atoms with Crippen LogP contribution in [0, 0.1) is 13.8 Å². The molecule has 0 bridgehead atoms. The van der Waals surface area contributed by atoms with Gasteiger partial charge in [0.25, 0.3) is 11.8 Å². The molecule has 0 fully saturated rings. The Balaban J connectivity index is 2.23. The first-order chi connectivity index (χ1) is 9.93. The van der Waals surface area contributed by atoms with E-state index in [9.17, 15) is 9.59 Å². The van der Waals surface area contributed by atoms with Crippen LogP contribution in [0.5, 0.6) is 0 Å². The number of primary amides is 1. The number of anilines is 1. The van der Waals surface area contributed by atoms with Gasteiger partial charge in [-0.25, -0.2) is 0 Å². The van der Waals surface area contributed by atoms with Crippen molar-refractivity contribution >= 4 is 39.5 Å². The molecule has 0 aromatic carbocycles. The Morgan fingerprint density at radius 1 is 1.33 bits per heavy atom.